The van der Waals surface area contributed by atoms with Crippen molar-refractivity contribution < 1.29 is 5.11 Å². The van der Waals surface area contributed by atoms with Crippen molar-refractivity contribution in [3.63, 3.8) is 0 Å². The van der Waals surface area contributed by atoms with Crippen LogP contribution in [0, 0.1) is 0 Å². The minimum atomic E-state index is 0.188. The second-order valence-electron chi connectivity index (χ2n) is 6.15. The second kappa shape index (κ2) is 7.38. The number of phenols is 1. The van der Waals surface area contributed by atoms with Crippen molar-refractivity contribution in [1.29, 1.82) is 0 Å². The predicted molar refractivity (Wildman–Crippen MR) is 109 cm³/mol. The van der Waals surface area contributed by atoms with Gasteiger partial charge >= 0.3 is 0 Å². The molecule has 0 saturated heterocycles. The maximum atomic E-state index is 10.2. The number of para-hydroxylation sites is 1. The lowest BCUT2D eigenvalue weighted by atomic mass is 10.1. The van der Waals surface area contributed by atoms with Gasteiger partial charge in [0.1, 0.15) is 11.6 Å². The molecule has 27 heavy (non-hydrogen) atoms. The van der Waals surface area contributed by atoms with Crippen molar-refractivity contribution in [1.82, 2.24) is 14.6 Å². The summed E-state index contributed by atoms with van der Waals surface area (Å²) in [6, 6.07) is 17.2. The fourth-order valence-corrected chi connectivity index (χ4v) is 3.22. The van der Waals surface area contributed by atoms with Crippen molar-refractivity contribution >= 4 is 27.4 Å². The van der Waals surface area contributed by atoms with Crippen molar-refractivity contribution in [2.24, 2.45) is 5.73 Å². The van der Waals surface area contributed by atoms with Crippen LogP contribution >= 0.6 is 15.9 Å². The number of nitrogens with two attached hydrogens (primary N) is 1. The third kappa shape index (κ3) is 3.51. The van der Waals surface area contributed by atoms with Crippen molar-refractivity contribution in [3.8, 4) is 17.0 Å². The molecule has 4 N–H and O–H groups in total. The van der Waals surface area contributed by atoms with Crippen LogP contribution in [-0.2, 0) is 13.1 Å². The molecule has 0 fully saturated rings. The van der Waals surface area contributed by atoms with E-state index in [0.29, 0.717) is 30.0 Å². The largest absolute Gasteiger partial charge is 0.507 e. The number of hydrogen-bond donors (Lipinski definition) is 3. The number of halogens is 1. The van der Waals surface area contributed by atoms with Gasteiger partial charge in [0.25, 0.3) is 0 Å². The summed E-state index contributed by atoms with van der Waals surface area (Å²) in [7, 11) is 0. The number of aromatic nitrogens is 3. The van der Waals surface area contributed by atoms with Gasteiger partial charge in [0.15, 0.2) is 5.65 Å². The van der Waals surface area contributed by atoms with E-state index in [2.05, 4.69) is 43.5 Å². The quantitative estimate of drug-likeness (QED) is 0.452. The summed E-state index contributed by atoms with van der Waals surface area (Å²) in [6.45, 7) is 1.16. The smallest absolute Gasteiger partial charge is 0.172 e. The van der Waals surface area contributed by atoms with Crippen molar-refractivity contribution in [3.05, 3.63) is 76.4 Å². The Morgan fingerprint density at radius 3 is 2.56 bits per heavy atom. The van der Waals surface area contributed by atoms with Gasteiger partial charge in [-0.05, 0) is 39.2 Å². The highest BCUT2D eigenvalue weighted by atomic mass is 79.9. The van der Waals surface area contributed by atoms with E-state index in [0.717, 1.165) is 21.4 Å². The number of rotatable bonds is 5. The van der Waals surface area contributed by atoms with Crippen LogP contribution in [0.3, 0.4) is 0 Å². The predicted octanol–water partition coefficient (Wildman–Crippen LogP) is 3.94. The van der Waals surface area contributed by atoms with Gasteiger partial charge in [0.05, 0.1) is 16.4 Å². The Balaban J connectivity index is 1.71. The zero-order chi connectivity index (χ0) is 18.8. The summed E-state index contributed by atoms with van der Waals surface area (Å²) >= 11 is 3.49. The maximum Gasteiger partial charge on any atom is 0.172 e. The van der Waals surface area contributed by atoms with E-state index in [-0.39, 0.29) is 5.75 Å². The van der Waals surface area contributed by atoms with Gasteiger partial charge in [0.2, 0.25) is 0 Å². The third-order valence-electron chi connectivity index (χ3n) is 4.34. The number of nitrogens with one attached hydrogen (secondary N) is 1. The Labute approximate surface area is 164 Å². The van der Waals surface area contributed by atoms with Crippen molar-refractivity contribution in [2.75, 3.05) is 5.32 Å². The molecule has 4 aromatic rings. The number of aromatic hydroxyl groups is 1. The molecular formula is C20H18BrN5O. The molecule has 2 aromatic heterocycles. The first-order valence-electron chi connectivity index (χ1n) is 8.50. The number of benzene rings is 2. The van der Waals surface area contributed by atoms with Crippen LogP contribution in [0.2, 0.25) is 0 Å². The van der Waals surface area contributed by atoms with Gasteiger partial charge in [-0.3, -0.25) is 0 Å². The Bertz CT molecular complexity index is 1090. The van der Waals surface area contributed by atoms with E-state index in [1.54, 1.807) is 22.8 Å². The highest BCUT2D eigenvalue weighted by Gasteiger charge is 2.13. The van der Waals surface area contributed by atoms with Gasteiger partial charge in [-0.15, -0.1) is 0 Å². The summed E-state index contributed by atoms with van der Waals surface area (Å²) in [4.78, 5) is 4.64. The van der Waals surface area contributed by atoms with E-state index < -0.39 is 0 Å². The van der Waals surface area contributed by atoms with E-state index in [9.17, 15) is 5.11 Å². The zero-order valence-corrected chi connectivity index (χ0v) is 16.0. The number of hydrogen-bond acceptors (Lipinski definition) is 5. The van der Waals surface area contributed by atoms with E-state index in [1.165, 1.54) is 0 Å². The van der Waals surface area contributed by atoms with Crippen molar-refractivity contribution in [2.45, 2.75) is 13.1 Å². The van der Waals surface area contributed by atoms with Crippen LogP contribution in [0.15, 0.2) is 65.3 Å². The Hall–Kier alpha value is -2.90. The standard InChI is InChI=1S/C20H18BrN5O/c21-16-12-24-26-19(23-11-14-7-5-13(10-22)6-8-14)9-17(25-20(16)26)15-3-1-2-4-18(15)27/h1-9,12,23,27H,10-11,22H2. The minimum absolute atomic E-state index is 0.188. The number of fused-ring (bicyclic) bond motifs is 1. The monoisotopic (exact) mass is 423 g/mol. The van der Waals surface area contributed by atoms with Crippen LogP contribution in [0.4, 0.5) is 5.82 Å². The highest BCUT2D eigenvalue weighted by Crippen LogP contribution is 2.31. The Morgan fingerprint density at radius 2 is 1.81 bits per heavy atom. The fourth-order valence-electron chi connectivity index (χ4n) is 2.88. The summed E-state index contributed by atoms with van der Waals surface area (Å²) in [5.74, 6) is 0.972. The summed E-state index contributed by atoms with van der Waals surface area (Å²) in [5, 5.41) is 18.0. The molecule has 2 heterocycles. The third-order valence-corrected chi connectivity index (χ3v) is 4.90. The van der Waals surface area contributed by atoms with E-state index in [1.807, 2.05) is 30.3 Å². The van der Waals surface area contributed by atoms with Gasteiger partial charge in [-0.1, -0.05) is 36.4 Å². The number of nitrogens with zero attached hydrogens (tertiary/aromatic N) is 3. The summed E-state index contributed by atoms with van der Waals surface area (Å²) < 4.78 is 2.53. The highest BCUT2D eigenvalue weighted by molar-refractivity contribution is 9.10. The lowest BCUT2D eigenvalue weighted by molar-refractivity contribution is 0.477. The van der Waals surface area contributed by atoms with Gasteiger partial charge < -0.3 is 16.2 Å². The summed E-state index contributed by atoms with van der Waals surface area (Å²) in [6.07, 6.45) is 1.71. The SMILES string of the molecule is NCc1ccc(CNc2cc(-c3ccccc3O)nc3c(Br)cnn23)cc1. The average molecular weight is 424 g/mol. The molecule has 0 saturated carbocycles. The minimum Gasteiger partial charge on any atom is -0.507 e. The lowest BCUT2D eigenvalue weighted by Crippen LogP contribution is -2.07. The molecule has 0 aliphatic rings. The lowest BCUT2D eigenvalue weighted by Gasteiger charge is -2.12. The van der Waals surface area contributed by atoms with Crippen LogP contribution in [0.1, 0.15) is 11.1 Å². The molecule has 0 amide bonds. The Kier molecular flexibility index (Phi) is 4.79. The molecule has 0 atom stereocenters. The molecule has 4 rings (SSSR count). The van der Waals surface area contributed by atoms with Crippen LogP contribution in [0.25, 0.3) is 16.9 Å². The average Bonchev–Trinajstić information content (AvgIpc) is 3.08. The molecule has 0 radical (unpaired) electrons. The van der Waals surface area contributed by atoms with E-state index in [4.69, 9.17) is 5.73 Å². The first-order valence-corrected chi connectivity index (χ1v) is 9.29. The number of anilines is 1. The maximum absolute atomic E-state index is 10.2. The zero-order valence-electron chi connectivity index (χ0n) is 14.4. The van der Waals surface area contributed by atoms with Crippen LogP contribution in [0.5, 0.6) is 5.75 Å². The van der Waals surface area contributed by atoms with Gasteiger partial charge in [-0.25, -0.2) is 4.98 Å². The molecule has 0 unspecified atom stereocenters. The molecule has 0 bridgehead atoms. The fraction of sp³-hybridized carbons (Fsp3) is 0.100. The van der Waals surface area contributed by atoms with Crippen LogP contribution < -0.4 is 11.1 Å². The molecule has 7 heteroatoms. The molecule has 0 aliphatic carbocycles. The first kappa shape index (κ1) is 17.5. The summed E-state index contributed by atoms with van der Waals surface area (Å²) in [5.41, 5.74) is 9.90. The number of phenolic OH excluding ortho intramolecular Hbond substituents is 1. The van der Waals surface area contributed by atoms with Gasteiger partial charge in [0, 0.05) is 24.7 Å². The van der Waals surface area contributed by atoms with E-state index >= 15 is 0 Å². The molecule has 0 spiro atoms. The second-order valence-corrected chi connectivity index (χ2v) is 7.00. The molecule has 136 valence electrons. The molecule has 6 nitrogen and oxygen atoms in total. The molecule has 2 aromatic carbocycles. The normalized spacial score (nSPS) is 11.0. The van der Waals surface area contributed by atoms with Gasteiger partial charge in [-0.2, -0.15) is 9.61 Å². The van der Waals surface area contributed by atoms with Crippen LogP contribution in [-0.4, -0.2) is 19.7 Å². The topological polar surface area (TPSA) is 88.5 Å². The molecular weight excluding hydrogens is 406 g/mol. The Morgan fingerprint density at radius 1 is 1.07 bits per heavy atom. The molecule has 0 aliphatic heterocycles. The first-order chi connectivity index (χ1) is 13.2.